The lowest BCUT2D eigenvalue weighted by atomic mass is 9.98. The first-order valence-corrected chi connectivity index (χ1v) is 10.7. The smallest absolute Gasteiger partial charge is 0.246 e. The van der Waals surface area contributed by atoms with Gasteiger partial charge in [-0.15, -0.1) is 0 Å². The Bertz CT molecular complexity index is 1160. The number of hydrogen-bond donors (Lipinski definition) is 0. The summed E-state index contributed by atoms with van der Waals surface area (Å²) in [5.41, 5.74) is 5.00. The van der Waals surface area contributed by atoms with Crippen LogP contribution in [-0.2, 0) is 11.3 Å². The summed E-state index contributed by atoms with van der Waals surface area (Å²) in [6.07, 6.45) is 4.97. The van der Waals surface area contributed by atoms with Gasteiger partial charge >= 0.3 is 0 Å². The Morgan fingerprint density at radius 1 is 1.19 bits per heavy atom. The summed E-state index contributed by atoms with van der Waals surface area (Å²) in [5, 5.41) is 7.03. The molecule has 1 aromatic heterocycles. The molecule has 2 heterocycles. The predicted molar refractivity (Wildman–Crippen MR) is 123 cm³/mol. The molecule has 1 aliphatic rings. The Morgan fingerprint density at radius 3 is 2.77 bits per heavy atom. The predicted octanol–water partition coefficient (Wildman–Crippen LogP) is 5.94. The lowest BCUT2D eigenvalue weighted by molar-refractivity contribution is -0.136. The van der Waals surface area contributed by atoms with Gasteiger partial charge in [0.25, 0.3) is 0 Å². The molecule has 0 aliphatic carbocycles. The number of hydrazone groups is 1. The summed E-state index contributed by atoms with van der Waals surface area (Å²) < 4.78 is 16.1. The zero-order chi connectivity index (χ0) is 22.1. The van der Waals surface area contributed by atoms with Gasteiger partial charge in [0, 0.05) is 36.8 Å². The third kappa shape index (κ3) is 4.46. The van der Waals surface area contributed by atoms with Crippen molar-refractivity contribution >= 4 is 23.0 Å². The molecule has 4 rings (SSSR count). The number of allylic oxidation sites excluding steroid dienone is 1. The van der Waals surface area contributed by atoms with E-state index in [9.17, 15) is 9.18 Å². The number of carbonyl (C=O) groups excluding carboxylic acids is 1. The van der Waals surface area contributed by atoms with E-state index in [1.165, 1.54) is 28.1 Å². The third-order valence-corrected chi connectivity index (χ3v) is 5.84. The van der Waals surface area contributed by atoms with Crippen molar-refractivity contribution in [3.05, 3.63) is 83.3 Å². The second-order valence-electron chi connectivity index (χ2n) is 8.66. The fourth-order valence-electron chi connectivity index (χ4n) is 4.37. The van der Waals surface area contributed by atoms with Crippen LogP contribution in [0, 0.1) is 25.6 Å². The molecular formula is C26H28FN3O. The zero-order valence-corrected chi connectivity index (χ0v) is 18.3. The molecule has 0 spiro atoms. The van der Waals surface area contributed by atoms with Gasteiger partial charge in [0.05, 0.1) is 6.04 Å². The summed E-state index contributed by atoms with van der Waals surface area (Å²) in [6.45, 7) is 10.7. The van der Waals surface area contributed by atoms with Crippen LogP contribution in [0.4, 0.5) is 4.39 Å². The molecule has 31 heavy (non-hydrogen) atoms. The topological polar surface area (TPSA) is 37.6 Å². The Balaban J connectivity index is 1.43. The number of amides is 1. The largest absolute Gasteiger partial charge is 0.343 e. The number of fused-ring (bicyclic) bond motifs is 1. The van der Waals surface area contributed by atoms with E-state index >= 15 is 0 Å². The van der Waals surface area contributed by atoms with E-state index in [1.54, 1.807) is 6.21 Å². The fourth-order valence-corrected chi connectivity index (χ4v) is 4.37. The van der Waals surface area contributed by atoms with E-state index < -0.39 is 0 Å². The molecular weight excluding hydrogens is 389 g/mol. The maximum absolute atomic E-state index is 13.9. The first kappa shape index (κ1) is 21.0. The van der Waals surface area contributed by atoms with Crippen LogP contribution in [-0.4, -0.2) is 21.7 Å². The Morgan fingerprint density at radius 2 is 2.00 bits per heavy atom. The second kappa shape index (κ2) is 8.50. The van der Waals surface area contributed by atoms with Crippen molar-refractivity contribution in [2.24, 2.45) is 11.0 Å². The van der Waals surface area contributed by atoms with Crippen molar-refractivity contribution in [2.75, 3.05) is 0 Å². The number of carbonyl (C=O) groups is 1. The molecule has 0 N–H and O–H groups in total. The van der Waals surface area contributed by atoms with Gasteiger partial charge in [0.15, 0.2) is 0 Å². The van der Waals surface area contributed by atoms with Crippen LogP contribution < -0.4 is 0 Å². The van der Waals surface area contributed by atoms with Crippen LogP contribution >= 0.6 is 0 Å². The molecule has 3 aromatic rings. The average molecular weight is 418 g/mol. The van der Waals surface area contributed by atoms with Gasteiger partial charge in [-0.05, 0) is 67.1 Å². The van der Waals surface area contributed by atoms with Crippen LogP contribution in [0.25, 0.3) is 10.9 Å². The molecule has 1 amide bonds. The number of halogens is 1. The lowest BCUT2D eigenvalue weighted by Crippen LogP contribution is -2.32. The standard InChI is InChI=1S/C26H28FN3O/c1-17-5-6-24-21(12-17)8-10-29(24)16-19(3)11-20(4)26(31)30-25(7-9-28-30)22-13-18(2)14-23(27)15-22/h5-6,8-10,12-15,20,25H,3,7,11,16H2,1-2,4H3. The van der Waals surface area contributed by atoms with Gasteiger partial charge in [0.1, 0.15) is 5.82 Å². The first-order valence-electron chi connectivity index (χ1n) is 10.7. The van der Waals surface area contributed by atoms with Crippen molar-refractivity contribution in [3.8, 4) is 0 Å². The van der Waals surface area contributed by atoms with Gasteiger partial charge < -0.3 is 4.57 Å². The van der Waals surface area contributed by atoms with Crippen LogP contribution in [0.3, 0.4) is 0 Å². The maximum Gasteiger partial charge on any atom is 0.246 e. The van der Waals surface area contributed by atoms with Crippen LogP contribution in [0.1, 0.15) is 42.5 Å². The quantitative estimate of drug-likeness (QED) is 0.458. The molecule has 0 saturated heterocycles. The average Bonchev–Trinajstić information content (AvgIpc) is 3.33. The molecule has 0 fully saturated rings. The van der Waals surface area contributed by atoms with E-state index in [4.69, 9.17) is 0 Å². The molecule has 5 heteroatoms. The molecule has 0 saturated carbocycles. The van der Waals surface area contributed by atoms with Crippen LogP contribution in [0.5, 0.6) is 0 Å². The molecule has 0 radical (unpaired) electrons. The SMILES string of the molecule is C=C(CC(C)C(=O)N1N=CCC1c1cc(C)cc(F)c1)Cn1ccc2cc(C)ccc21. The fraction of sp³-hybridized carbons (Fsp3) is 0.308. The summed E-state index contributed by atoms with van der Waals surface area (Å²) in [4.78, 5) is 13.2. The molecule has 4 nitrogen and oxygen atoms in total. The van der Waals surface area contributed by atoms with E-state index in [0.29, 0.717) is 19.4 Å². The number of aromatic nitrogens is 1. The first-order chi connectivity index (χ1) is 14.8. The molecule has 160 valence electrons. The minimum absolute atomic E-state index is 0.0604. The summed E-state index contributed by atoms with van der Waals surface area (Å²) >= 11 is 0. The molecule has 2 unspecified atom stereocenters. The van der Waals surface area contributed by atoms with Crippen molar-refractivity contribution in [2.45, 2.75) is 46.2 Å². The Kier molecular flexibility index (Phi) is 5.77. The summed E-state index contributed by atoms with van der Waals surface area (Å²) in [7, 11) is 0. The highest BCUT2D eigenvalue weighted by Gasteiger charge is 2.31. The van der Waals surface area contributed by atoms with Gasteiger partial charge in [-0.3, -0.25) is 4.79 Å². The maximum atomic E-state index is 13.9. The highest BCUT2D eigenvalue weighted by Crippen LogP contribution is 2.31. The highest BCUT2D eigenvalue weighted by atomic mass is 19.1. The minimum atomic E-state index is -0.287. The van der Waals surface area contributed by atoms with Crippen molar-refractivity contribution in [1.29, 1.82) is 0 Å². The normalized spacial score (nSPS) is 16.8. The number of rotatable bonds is 6. The van der Waals surface area contributed by atoms with Crippen LogP contribution in [0.15, 0.2) is 65.9 Å². The Hall–Kier alpha value is -3.21. The van der Waals surface area contributed by atoms with E-state index in [2.05, 4.69) is 53.6 Å². The van der Waals surface area contributed by atoms with Crippen molar-refractivity contribution in [3.63, 3.8) is 0 Å². The van der Waals surface area contributed by atoms with Crippen molar-refractivity contribution < 1.29 is 9.18 Å². The van der Waals surface area contributed by atoms with Gasteiger partial charge in [0.2, 0.25) is 5.91 Å². The summed E-state index contributed by atoms with van der Waals surface area (Å²) in [5.74, 6) is -0.608. The highest BCUT2D eigenvalue weighted by molar-refractivity contribution is 5.82. The van der Waals surface area contributed by atoms with Gasteiger partial charge in [-0.25, -0.2) is 9.40 Å². The van der Waals surface area contributed by atoms with Gasteiger partial charge in [-0.2, -0.15) is 5.10 Å². The molecule has 0 bridgehead atoms. The monoisotopic (exact) mass is 417 g/mol. The molecule has 1 aliphatic heterocycles. The minimum Gasteiger partial charge on any atom is -0.343 e. The van der Waals surface area contributed by atoms with E-state index in [-0.39, 0.29) is 23.7 Å². The molecule has 2 atom stereocenters. The number of nitrogens with zero attached hydrogens (tertiary/aromatic N) is 3. The lowest BCUT2D eigenvalue weighted by Gasteiger charge is -2.26. The zero-order valence-electron chi connectivity index (χ0n) is 18.3. The van der Waals surface area contributed by atoms with Crippen molar-refractivity contribution in [1.82, 2.24) is 9.58 Å². The summed E-state index contributed by atoms with van der Waals surface area (Å²) in [6, 6.07) is 13.2. The number of benzene rings is 2. The molecule has 2 aromatic carbocycles. The number of aryl methyl sites for hydroxylation is 2. The number of hydrogen-bond acceptors (Lipinski definition) is 2. The second-order valence-corrected chi connectivity index (χ2v) is 8.66. The third-order valence-electron chi connectivity index (χ3n) is 5.84. The van der Waals surface area contributed by atoms with E-state index in [0.717, 1.165) is 22.2 Å². The van der Waals surface area contributed by atoms with E-state index in [1.807, 2.05) is 19.9 Å². The van der Waals surface area contributed by atoms with Crippen LogP contribution in [0.2, 0.25) is 0 Å². The van der Waals surface area contributed by atoms with Gasteiger partial charge in [-0.1, -0.05) is 36.8 Å². The Labute approximate surface area is 182 Å².